The van der Waals surface area contributed by atoms with Crippen LogP contribution in [0.4, 0.5) is 0 Å². The Hall–Kier alpha value is -1.55. The summed E-state index contributed by atoms with van der Waals surface area (Å²) in [4.78, 5) is 14.0. The summed E-state index contributed by atoms with van der Waals surface area (Å²) in [7, 11) is -0.557. The number of amides is 1. The molecule has 24 heavy (non-hydrogen) atoms. The number of nitrogens with zero attached hydrogens (tertiary/aromatic N) is 2. The van der Waals surface area contributed by atoms with E-state index in [-0.39, 0.29) is 11.8 Å². The van der Waals surface area contributed by atoms with Crippen molar-refractivity contribution < 1.29 is 14.1 Å². The molecule has 0 radical (unpaired) electrons. The van der Waals surface area contributed by atoms with Crippen molar-refractivity contribution in [2.24, 2.45) is 5.92 Å². The lowest BCUT2D eigenvalue weighted by Crippen LogP contribution is -2.49. The Labute approximate surface area is 147 Å². The summed E-state index contributed by atoms with van der Waals surface area (Å²) in [6.07, 6.45) is 0. The van der Waals surface area contributed by atoms with Crippen LogP contribution in [0, 0.1) is 17.2 Å². The molecule has 0 bridgehead atoms. The highest BCUT2D eigenvalue weighted by molar-refractivity contribution is 6.65. The van der Waals surface area contributed by atoms with Gasteiger partial charge < -0.3 is 14.2 Å². The van der Waals surface area contributed by atoms with Crippen molar-refractivity contribution in [1.29, 1.82) is 5.26 Å². The average Bonchev–Trinajstić information content (AvgIpc) is 2.65. The van der Waals surface area contributed by atoms with E-state index in [1.165, 1.54) is 0 Å². The predicted molar refractivity (Wildman–Crippen MR) is 92.2 cm³/mol. The van der Waals surface area contributed by atoms with E-state index in [2.05, 4.69) is 6.07 Å². The number of rotatable bonds is 2. The van der Waals surface area contributed by atoms with Crippen molar-refractivity contribution in [1.82, 2.24) is 4.90 Å². The van der Waals surface area contributed by atoms with Gasteiger partial charge in [0, 0.05) is 29.1 Å². The smallest absolute Gasteiger partial charge is 0.399 e. The van der Waals surface area contributed by atoms with Crippen LogP contribution >= 0.6 is 11.6 Å². The van der Waals surface area contributed by atoms with Gasteiger partial charge in [0.05, 0.1) is 23.2 Å². The number of benzene rings is 1. The molecule has 2 aliphatic heterocycles. The average molecular weight is 347 g/mol. The van der Waals surface area contributed by atoms with Gasteiger partial charge in [0.25, 0.3) is 5.91 Å². The van der Waals surface area contributed by atoms with E-state index < -0.39 is 18.3 Å². The Kier molecular flexibility index (Phi) is 4.15. The van der Waals surface area contributed by atoms with Gasteiger partial charge in [-0.1, -0.05) is 17.7 Å². The van der Waals surface area contributed by atoms with Crippen LogP contribution in [0.25, 0.3) is 0 Å². The molecule has 0 atom stereocenters. The number of carbonyl (C=O) groups is 1. The highest BCUT2D eigenvalue weighted by Crippen LogP contribution is 2.37. The number of hydrogen-bond acceptors (Lipinski definition) is 4. The second-order valence-electron chi connectivity index (χ2n) is 7.36. The molecule has 126 valence electrons. The van der Waals surface area contributed by atoms with Gasteiger partial charge in [-0.15, -0.1) is 0 Å². The molecule has 7 heteroatoms. The molecular weight excluding hydrogens is 326 g/mol. The van der Waals surface area contributed by atoms with Crippen molar-refractivity contribution in [2.75, 3.05) is 13.1 Å². The third-order valence-electron chi connectivity index (χ3n) is 5.11. The van der Waals surface area contributed by atoms with Gasteiger partial charge in [-0.3, -0.25) is 4.79 Å². The van der Waals surface area contributed by atoms with Gasteiger partial charge in [-0.2, -0.15) is 5.26 Å². The fourth-order valence-corrected chi connectivity index (χ4v) is 3.00. The van der Waals surface area contributed by atoms with Gasteiger partial charge in [0.15, 0.2) is 0 Å². The molecule has 0 N–H and O–H groups in total. The Morgan fingerprint density at radius 2 is 1.88 bits per heavy atom. The Morgan fingerprint density at radius 3 is 2.38 bits per heavy atom. The maximum absolute atomic E-state index is 12.4. The first-order chi connectivity index (χ1) is 11.1. The SMILES string of the molecule is CC1(C)OB(c2ccc(C(=O)N3CC(C#N)C3)cc2Cl)OC1(C)C. The fraction of sp³-hybridized carbons (Fsp3) is 0.529. The van der Waals surface area contributed by atoms with Gasteiger partial charge in [0.1, 0.15) is 0 Å². The van der Waals surface area contributed by atoms with Crippen molar-refractivity contribution >= 4 is 30.1 Å². The number of likely N-dealkylation sites (tertiary alicyclic amines) is 1. The van der Waals surface area contributed by atoms with Crippen LogP contribution in [0.2, 0.25) is 5.02 Å². The molecule has 0 aromatic heterocycles. The molecule has 2 saturated heterocycles. The van der Waals surface area contributed by atoms with E-state index in [4.69, 9.17) is 26.2 Å². The molecule has 2 heterocycles. The fourth-order valence-electron chi connectivity index (χ4n) is 2.73. The monoisotopic (exact) mass is 346 g/mol. The van der Waals surface area contributed by atoms with Crippen molar-refractivity contribution in [3.05, 3.63) is 28.8 Å². The molecule has 2 aliphatic rings. The molecule has 2 fully saturated rings. The first kappa shape index (κ1) is 17.3. The topological polar surface area (TPSA) is 62.6 Å². The minimum absolute atomic E-state index is 0.0616. The maximum Gasteiger partial charge on any atom is 0.496 e. The molecule has 1 amide bonds. The third-order valence-corrected chi connectivity index (χ3v) is 5.43. The summed E-state index contributed by atoms with van der Waals surface area (Å²) in [5.74, 6) is -0.169. The lowest BCUT2D eigenvalue weighted by atomic mass is 9.78. The number of carbonyl (C=O) groups excluding carboxylic acids is 1. The molecule has 0 saturated carbocycles. The van der Waals surface area contributed by atoms with E-state index in [0.29, 0.717) is 29.1 Å². The Balaban J connectivity index is 1.77. The number of nitriles is 1. The normalized spacial score (nSPS) is 22.2. The summed E-state index contributed by atoms with van der Waals surface area (Å²) in [5.41, 5.74) is 0.334. The minimum atomic E-state index is -0.557. The second kappa shape index (κ2) is 5.77. The predicted octanol–water partition coefficient (Wildman–Crippen LogP) is 2.23. The number of halogens is 1. The lowest BCUT2D eigenvalue weighted by Gasteiger charge is -2.35. The van der Waals surface area contributed by atoms with Gasteiger partial charge >= 0.3 is 7.12 Å². The van der Waals surface area contributed by atoms with Crippen LogP contribution in [-0.4, -0.2) is 42.2 Å². The van der Waals surface area contributed by atoms with Crippen LogP contribution in [0.3, 0.4) is 0 Å². The van der Waals surface area contributed by atoms with E-state index >= 15 is 0 Å². The largest absolute Gasteiger partial charge is 0.496 e. The summed E-state index contributed by atoms with van der Waals surface area (Å²) in [6.45, 7) is 8.88. The summed E-state index contributed by atoms with van der Waals surface area (Å²) in [5, 5.41) is 9.25. The highest BCUT2D eigenvalue weighted by Gasteiger charge is 2.52. The highest BCUT2D eigenvalue weighted by atomic mass is 35.5. The van der Waals surface area contributed by atoms with Crippen LogP contribution in [0.1, 0.15) is 38.1 Å². The van der Waals surface area contributed by atoms with Gasteiger partial charge in [-0.05, 0) is 39.8 Å². The van der Waals surface area contributed by atoms with Crippen molar-refractivity contribution in [3.63, 3.8) is 0 Å². The molecule has 0 spiro atoms. The molecule has 0 aliphatic carbocycles. The summed E-state index contributed by atoms with van der Waals surface area (Å²) >= 11 is 6.38. The standard InChI is InChI=1S/C17H20BClN2O3/c1-16(2)17(3,4)24-18(23-16)13-6-5-12(7-14(13)19)15(22)21-9-11(8-20)10-21/h5-7,11H,9-10H2,1-4H3. The first-order valence-corrected chi connectivity index (χ1v) is 8.36. The zero-order valence-electron chi connectivity index (χ0n) is 14.3. The Bertz CT molecular complexity index is 707. The van der Waals surface area contributed by atoms with Crippen LogP contribution in [0.5, 0.6) is 0 Å². The van der Waals surface area contributed by atoms with Gasteiger partial charge in [-0.25, -0.2) is 0 Å². The summed E-state index contributed by atoms with van der Waals surface area (Å²) < 4.78 is 12.0. The van der Waals surface area contributed by atoms with E-state index in [1.54, 1.807) is 23.1 Å². The molecule has 1 aromatic rings. The van der Waals surface area contributed by atoms with Crippen LogP contribution < -0.4 is 5.46 Å². The van der Waals surface area contributed by atoms with E-state index in [1.807, 2.05) is 27.7 Å². The van der Waals surface area contributed by atoms with Gasteiger partial charge in [0.2, 0.25) is 0 Å². The zero-order chi connectivity index (χ0) is 17.7. The van der Waals surface area contributed by atoms with Crippen molar-refractivity contribution in [3.8, 4) is 6.07 Å². The molecule has 5 nitrogen and oxygen atoms in total. The van der Waals surface area contributed by atoms with E-state index in [0.717, 1.165) is 0 Å². The maximum atomic E-state index is 12.4. The van der Waals surface area contributed by atoms with Crippen LogP contribution in [-0.2, 0) is 9.31 Å². The van der Waals surface area contributed by atoms with E-state index in [9.17, 15) is 4.79 Å². The lowest BCUT2D eigenvalue weighted by molar-refractivity contribution is 0.00578. The first-order valence-electron chi connectivity index (χ1n) is 7.98. The molecular formula is C17H20BClN2O3. The summed E-state index contributed by atoms with van der Waals surface area (Å²) in [6, 6.07) is 7.31. The second-order valence-corrected chi connectivity index (χ2v) is 7.77. The quantitative estimate of drug-likeness (QED) is 0.771. The van der Waals surface area contributed by atoms with Crippen molar-refractivity contribution in [2.45, 2.75) is 38.9 Å². The number of hydrogen-bond donors (Lipinski definition) is 0. The van der Waals surface area contributed by atoms with Crippen LogP contribution in [0.15, 0.2) is 18.2 Å². The third kappa shape index (κ3) is 2.81. The Morgan fingerprint density at radius 1 is 1.29 bits per heavy atom. The zero-order valence-corrected chi connectivity index (χ0v) is 15.1. The molecule has 3 rings (SSSR count). The molecule has 0 unspecified atom stereocenters. The molecule has 1 aromatic carbocycles. The minimum Gasteiger partial charge on any atom is -0.399 e.